The Morgan fingerprint density at radius 2 is 1.18 bits per heavy atom. The molecular weight excluding hydrogens is 422 g/mol. The third-order valence-corrected chi connectivity index (χ3v) is 5.12. The van der Waals surface area contributed by atoms with E-state index < -0.39 is 5.97 Å². The van der Waals surface area contributed by atoms with Crippen molar-refractivity contribution < 1.29 is 28.8 Å². The summed E-state index contributed by atoms with van der Waals surface area (Å²) in [5, 5.41) is 21.4. The lowest BCUT2D eigenvalue weighted by atomic mass is 10.0. The number of hydrogen-bond acceptors (Lipinski definition) is 6. The van der Waals surface area contributed by atoms with Crippen LogP contribution in [0.4, 0.5) is 0 Å². The van der Waals surface area contributed by atoms with Crippen LogP contribution in [0.2, 0.25) is 0 Å². The average Bonchev–Trinajstić information content (AvgIpc) is 2.86. The second kappa shape index (κ2) is 10.2. The van der Waals surface area contributed by atoms with E-state index in [9.17, 15) is 4.79 Å². The standard InChI is InChI=1S/C13H11NO2.C13H12O4/c1-15-12-6-9-4-3-5-10(8-14)11(9)7-13(12)16-2;1-16-11-6-8-4-3-5-9(13(14)15)10(8)7-12(11)17-2/h3-7H,1-2H3;3-7H,1-2H3,(H,14,15). The van der Waals surface area contributed by atoms with Gasteiger partial charge in [-0.05, 0) is 47.2 Å². The Morgan fingerprint density at radius 1 is 0.727 bits per heavy atom. The normalized spacial score (nSPS) is 10.0. The van der Waals surface area contributed by atoms with Gasteiger partial charge in [0, 0.05) is 10.8 Å². The lowest BCUT2D eigenvalue weighted by Crippen LogP contribution is -1.98. The molecular formula is C26H23NO6. The number of benzene rings is 4. The molecule has 7 nitrogen and oxygen atoms in total. The van der Waals surface area contributed by atoms with Crippen LogP contribution in [0.25, 0.3) is 21.5 Å². The van der Waals surface area contributed by atoms with Gasteiger partial charge in [0.2, 0.25) is 0 Å². The van der Waals surface area contributed by atoms with Crippen molar-refractivity contribution in [2.24, 2.45) is 0 Å². The summed E-state index contributed by atoms with van der Waals surface area (Å²) in [6, 6.07) is 20.0. The second-order valence-corrected chi connectivity index (χ2v) is 6.88. The van der Waals surface area contributed by atoms with Crippen molar-refractivity contribution in [3.63, 3.8) is 0 Å². The van der Waals surface area contributed by atoms with Crippen molar-refractivity contribution in [3.05, 3.63) is 71.8 Å². The quantitative estimate of drug-likeness (QED) is 0.446. The van der Waals surface area contributed by atoms with Crippen LogP contribution in [0.3, 0.4) is 0 Å². The van der Waals surface area contributed by atoms with Gasteiger partial charge in [0.25, 0.3) is 0 Å². The molecule has 0 heterocycles. The molecule has 0 amide bonds. The average molecular weight is 445 g/mol. The maximum atomic E-state index is 11.1. The van der Waals surface area contributed by atoms with Crippen LogP contribution in [-0.2, 0) is 0 Å². The smallest absolute Gasteiger partial charge is 0.336 e. The highest BCUT2D eigenvalue weighted by Gasteiger charge is 2.12. The number of fused-ring (bicyclic) bond motifs is 2. The van der Waals surface area contributed by atoms with Gasteiger partial charge in [-0.3, -0.25) is 0 Å². The van der Waals surface area contributed by atoms with Crippen molar-refractivity contribution in [1.29, 1.82) is 5.26 Å². The summed E-state index contributed by atoms with van der Waals surface area (Å²) >= 11 is 0. The van der Waals surface area contributed by atoms with Crippen LogP contribution in [0.15, 0.2) is 60.7 Å². The van der Waals surface area contributed by atoms with Crippen LogP contribution in [-0.4, -0.2) is 39.5 Å². The monoisotopic (exact) mass is 445 g/mol. The van der Waals surface area contributed by atoms with Gasteiger partial charge < -0.3 is 24.1 Å². The molecule has 0 bridgehead atoms. The molecule has 0 saturated carbocycles. The summed E-state index contributed by atoms with van der Waals surface area (Å²) in [4.78, 5) is 11.1. The van der Waals surface area contributed by atoms with Crippen molar-refractivity contribution in [1.82, 2.24) is 0 Å². The molecule has 33 heavy (non-hydrogen) atoms. The lowest BCUT2D eigenvalue weighted by molar-refractivity contribution is 0.0699. The highest BCUT2D eigenvalue weighted by atomic mass is 16.5. The molecule has 0 saturated heterocycles. The third-order valence-electron chi connectivity index (χ3n) is 5.12. The molecule has 4 rings (SSSR count). The number of carboxylic acids is 1. The van der Waals surface area contributed by atoms with Gasteiger partial charge in [0.15, 0.2) is 23.0 Å². The number of ether oxygens (including phenoxy) is 4. The number of rotatable bonds is 5. The molecule has 168 valence electrons. The Kier molecular flexibility index (Phi) is 7.21. The van der Waals surface area contributed by atoms with E-state index >= 15 is 0 Å². The number of carbonyl (C=O) groups is 1. The van der Waals surface area contributed by atoms with E-state index in [1.165, 1.54) is 7.11 Å². The molecule has 4 aromatic rings. The number of aromatic carboxylic acids is 1. The van der Waals surface area contributed by atoms with Crippen LogP contribution < -0.4 is 18.9 Å². The van der Waals surface area contributed by atoms with Gasteiger partial charge in [0.1, 0.15) is 0 Å². The van der Waals surface area contributed by atoms with E-state index in [1.807, 2.05) is 30.3 Å². The molecule has 4 aromatic carbocycles. The maximum absolute atomic E-state index is 11.1. The Balaban J connectivity index is 0.000000186. The lowest BCUT2D eigenvalue weighted by Gasteiger charge is -2.10. The minimum atomic E-state index is -0.956. The van der Waals surface area contributed by atoms with Gasteiger partial charge in [-0.1, -0.05) is 24.3 Å². The zero-order valence-corrected chi connectivity index (χ0v) is 18.7. The minimum absolute atomic E-state index is 0.253. The molecule has 0 radical (unpaired) electrons. The number of carboxylic acid groups (broad SMARTS) is 1. The molecule has 0 spiro atoms. The van der Waals surface area contributed by atoms with Crippen LogP contribution >= 0.6 is 0 Å². The van der Waals surface area contributed by atoms with Crippen molar-refractivity contribution in [3.8, 4) is 29.1 Å². The Labute approximate surface area is 191 Å². The zero-order chi connectivity index (χ0) is 24.0. The molecule has 0 fully saturated rings. The fourth-order valence-electron chi connectivity index (χ4n) is 3.49. The first-order valence-corrected chi connectivity index (χ1v) is 9.90. The van der Waals surface area contributed by atoms with Crippen molar-refractivity contribution in [2.75, 3.05) is 28.4 Å². The topological polar surface area (TPSA) is 98.0 Å². The van der Waals surface area contributed by atoms with Gasteiger partial charge in [-0.25, -0.2) is 4.79 Å². The number of nitrogens with zero attached hydrogens (tertiary/aromatic N) is 1. The summed E-state index contributed by atoms with van der Waals surface area (Å²) in [5.41, 5.74) is 0.891. The number of nitriles is 1. The maximum Gasteiger partial charge on any atom is 0.336 e. The summed E-state index contributed by atoms with van der Waals surface area (Å²) in [5.74, 6) is 1.46. The first kappa shape index (κ1) is 23.2. The molecule has 1 N–H and O–H groups in total. The third kappa shape index (κ3) is 4.75. The van der Waals surface area contributed by atoms with E-state index in [0.29, 0.717) is 33.9 Å². The first-order valence-electron chi connectivity index (χ1n) is 9.90. The van der Waals surface area contributed by atoms with Crippen molar-refractivity contribution in [2.45, 2.75) is 0 Å². The van der Waals surface area contributed by atoms with E-state index in [-0.39, 0.29) is 5.56 Å². The Hall–Kier alpha value is -4.44. The molecule has 0 aromatic heterocycles. The summed E-state index contributed by atoms with van der Waals surface area (Å²) < 4.78 is 20.8. The van der Waals surface area contributed by atoms with Crippen LogP contribution in [0, 0.1) is 11.3 Å². The zero-order valence-electron chi connectivity index (χ0n) is 18.7. The summed E-state index contributed by atoms with van der Waals surface area (Å²) in [7, 11) is 6.24. The predicted octanol–water partition coefficient (Wildman–Crippen LogP) is 5.28. The summed E-state index contributed by atoms with van der Waals surface area (Å²) in [6.07, 6.45) is 0. The largest absolute Gasteiger partial charge is 0.493 e. The molecule has 0 aliphatic rings. The van der Waals surface area contributed by atoms with E-state index in [2.05, 4.69) is 6.07 Å². The van der Waals surface area contributed by atoms with Gasteiger partial charge >= 0.3 is 5.97 Å². The molecule has 0 aliphatic heterocycles. The molecule has 0 atom stereocenters. The van der Waals surface area contributed by atoms with Crippen LogP contribution in [0.5, 0.6) is 23.0 Å². The fourth-order valence-corrected chi connectivity index (χ4v) is 3.49. The van der Waals surface area contributed by atoms with Crippen molar-refractivity contribution >= 4 is 27.5 Å². The van der Waals surface area contributed by atoms with Crippen LogP contribution in [0.1, 0.15) is 15.9 Å². The highest BCUT2D eigenvalue weighted by molar-refractivity contribution is 6.04. The number of methoxy groups -OCH3 is 4. The Bertz CT molecular complexity index is 1360. The fraction of sp³-hybridized carbons (Fsp3) is 0.154. The van der Waals surface area contributed by atoms with Gasteiger partial charge in [-0.2, -0.15) is 5.26 Å². The Morgan fingerprint density at radius 3 is 1.67 bits per heavy atom. The van der Waals surface area contributed by atoms with E-state index in [0.717, 1.165) is 16.2 Å². The predicted molar refractivity (Wildman–Crippen MR) is 126 cm³/mol. The van der Waals surface area contributed by atoms with E-state index in [1.54, 1.807) is 51.7 Å². The molecule has 7 heteroatoms. The second-order valence-electron chi connectivity index (χ2n) is 6.88. The summed E-state index contributed by atoms with van der Waals surface area (Å²) in [6.45, 7) is 0. The van der Waals surface area contributed by atoms with E-state index in [4.69, 9.17) is 29.3 Å². The van der Waals surface area contributed by atoms with Gasteiger partial charge in [0.05, 0.1) is 45.6 Å². The number of hydrogen-bond donors (Lipinski definition) is 1. The van der Waals surface area contributed by atoms with Gasteiger partial charge in [-0.15, -0.1) is 0 Å². The highest BCUT2D eigenvalue weighted by Crippen LogP contribution is 2.34. The first-order chi connectivity index (χ1) is 16.0. The molecule has 0 aliphatic carbocycles. The SMILES string of the molecule is COc1cc2cccc(C#N)c2cc1OC.COc1cc2cccc(C(=O)O)c2cc1OC. The minimum Gasteiger partial charge on any atom is -0.493 e. The molecule has 0 unspecified atom stereocenters.